The molecule has 134 valence electrons. The fraction of sp³-hybridized carbons (Fsp3) is 0.438. The zero-order valence-corrected chi connectivity index (χ0v) is 13.8. The van der Waals surface area contributed by atoms with Gasteiger partial charge < -0.3 is 16.0 Å². The number of rotatable bonds is 5. The Labute approximate surface area is 144 Å². The third kappa shape index (κ3) is 4.52. The third-order valence-electron chi connectivity index (χ3n) is 4.25. The zero-order chi connectivity index (χ0) is 18.6. The van der Waals surface area contributed by atoms with Crippen LogP contribution in [0.25, 0.3) is 0 Å². The standard InChI is InChI=1S/C16H20N4O5/c1-10(16(23)19-7-5-11(6-8-19)14(17)21)18-15(22)12-3-2-4-13(9-12)20(24)25/h2-4,9-11H,5-8H2,1H3,(H2,17,21)(H,18,22). The molecule has 3 N–H and O–H groups in total. The Morgan fingerprint density at radius 2 is 1.96 bits per heavy atom. The van der Waals surface area contributed by atoms with E-state index in [1.807, 2.05) is 0 Å². The largest absolute Gasteiger partial charge is 0.369 e. The van der Waals surface area contributed by atoms with Crippen molar-refractivity contribution in [2.45, 2.75) is 25.8 Å². The Hall–Kier alpha value is -2.97. The lowest BCUT2D eigenvalue weighted by Crippen LogP contribution is -2.50. The van der Waals surface area contributed by atoms with Gasteiger partial charge in [-0.2, -0.15) is 0 Å². The van der Waals surface area contributed by atoms with Gasteiger partial charge in [-0.25, -0.2) is 0 Å². The van der Waals surface area contributed by atoms with E-state index in [9.17, 15) is 24.5 Å². The summed E-state index contributed by atoms with van der Waals surface area (Å²) in [6.45, 7) is 2.37. The van der Waals surface area contributed by atoms with Crippen LogP contribution in [0.1, 0.15) is 30.1 Å². The molecule has 0 aromatic heterocycles. The van der Waals surface area contributed by atoms with E-state index >= 15 is 0 Å². The first-order valence-electron chi connectivity index (χ1n) is 7.93. The van der Waals surface area contributed by atoms with Gasteiger partial charge in [-0.1, -0.05) is 6.07 Å². The lowest BCUT2D eigenvalue weighted by Gasteiger charge is -2.32. The second-order valence-corrected chi connectivity index (χ2v) is 6.00. The number of amides is 3. The Morgan fingerprint density at radius 3 is 2.52 bits per heavy atom. The van der Waals surface area contributed by atoms with Gasteiger partial charge in [-0.05, 0) is 25.8 Å². The van der Waals surface area contributed by atoms with Crippen LogP contribution in [-0.2, 0) is 9.59 Å². The van der Waals surface area contributed by atoms with Crippen molar-refractivity contribution in [3.05, 3.63) is 39.9 Å². The summed E-state index contributed by atoms with van der Waals surface area (Å²) in [5.41, 5.74) is 5.18. The van der Waals surface area contributed by atoms with Crippen LogP contribution in [0, 0.1) is 16.0 Å². The van der Waals surface area contributed by atoms with Crippen molar-refractivity contribution in [2.24, 2.45) is 11.7 Å². The molecule has 3 amide bonds. The van der Waals surface area contributed by atoms with Gasteiger partial charge in [0.2, 0.25) is 11.8 Å². The van der Waals surface area contributed by atoms with Crippen LogP contribution < -0.4 is 11.1 Å². The minimum absolute atomic E-state index is 0.112. The lowest BCUT2D eigenvalue weighted by molar-refractivity contribution is -0.384. The van der Waals surface area contributed by atoms with E-state index < -0.39 is 16.9 Å². The molecule has 1 heterocycles. The number of piperidine rings is 1. The van der Waals surface area contributed by atoms with Crippen LogP contribution in [0.2, 0.25) is 0 Å². The second-order valence-electron chi connectivity index (χ2n) is 6.00. The number of non-ortho nitro benzene ring substituents is 1. The van der Waals surface area contributed by atoms with Crippen LogP contribution in [0.5, 0.6) is 0 Å². The maximum absolute atomic E-state index is 12.4. The number of nitro groups is 1. The number of carbonyl (C=O) groups is 3. The lowest BCUT2D eigenvalue weighted by atomic mass is 9.96. The van der Waals surface area contributed by atoms with Crippen LogP contribution in [0.15, 0.2) is 24.3 Å². The van der Waals surface area contributed by atoms with Crippen molar-refractivity contribution in [3.63, 3.8) is 0 Å². The number of nitrogens with zero attached hydrogens (tertiary/aromatic N) is 2. The topological polar surface area (TPSA) is 136 Å². The summed E-state index contributed by atoms with van der Waals surface area (Å²) in [6.07, 6.45) is 1.01. The number of likely N-dealkylation sites (tertiary alicyclic amines) is 1. The Morgan fingerprint density at radius 1 is 1.32 bits per heavy atom. The molecule has 25 heavy (non-hydrogen) atoms. The van der Waals surface area contributed by atoms with Crippen LogP contribution >= 0.6 is 0 Å². The van der Waals surface area contributed by atoms with Gasteiger partial charge in [0.1, 0.15) is 6.04 Å². The molecule has 1 aliphatic rings. The first-order chi connectivity index (χ1) is 11.8. The molecular formula is C16H20N4O5. The van der Waals surface area contributed by atoms with Gasteiger partial charge in [-0.15, -0.1) is 0 Å². The smallest absolute Gasteiger partial charge is 0.270 e. The minimum Gasteiger partial charge on any atom is -0.369 e. The molecule has 0 bridgehead atoms. The van der Waals surface area contributed by atoms with Gasteiger partial charge in [0.25, 0.3) is 11.6 Å². The van der Waals surface area contributed by atoms with E-state index in [2.05, 4.69) is 5.32 Å². The van der Waals surface area contributed by atoms with E-state index in [4.69, 9.17) is 5.73 Å². The van der Waals surface area contributed by atoms with Gasteiger partial charge in [0.05, 0.1) is 4.92 Å². The molecule has 1 aliphatic heterocycles. The molecule has 9 nitrogen and oxygen atoms in total. The average molecular weight is 348 g/mol. The van der Waals surface area contributed by atoms with Crippen molar-refractivity contribution in [1.82, 2.24) is 10.2 Å². The average Bonchev–Trinajstić information content (AvgIpc) is 2.61. The summed E-state index contributed by atoms with van der Waals surface area (Å²) in [5.74, 6) is -1.41. The second kappa shape index (κ2) is 7.73. The molecule has 1 atom stereocenters. The summed E-state index contributed by atoms with van der Waals surface area (Å²) >= 11 is 0. The van der Waals surface area contributed by atoms with E-state index in [1.54, 1.807) is 11.8 Å². The molecule has 1 aromatic carbocycles. The molecule has 1 fully saturated rings. The third-order valence-corrected chi connectivity index (χ3v) is 4.25. The Balaban J connectivity index is 1.95. The highest BCUT2D eigenvalue weighted by Gasteiger charge is 2.29. The number of hydrogen-bond donors (Lipinski definition) is 2. The van der Waals surface area contributed by atoms with Crippen molar-refractivity contribution < 1.29 is 19.3 Å². The molecule has 0 saturated carbocycles. The molecule has 1 aromatic rings. The SMILES string of the molecule is CC(NC(=O)c1cccc([N+](=O)[O-])c1)C(=O)N1CCC(C(N)=O)CC1. The van der Waals surface area contributed by atoms with Gasteiger partial charge in [-0.3, -0.25) is 24.5 Å². The Bertz CT molecular complexity index is 698. The van der Waals surface area contributed by atoms with E-state index in [0.29, 0.717) is 25.9 Å². The highest BCUT2D eigenvalue weighted by molar-refractivity contribution is 5.97. The summed E-state index contributed by atoms with van der Waals surface area (Å²) in [7, 11) is 0. The van der Waals surface area contributed by atoms with E-state index in [-0.39, 0.29) is 29.0 Å². The van der Waals surface area contributed by atoms with Crippen LogP contribution in [-0.4, -0.2) is 46.7 Å². The highest BCUT2D eigenvalue weighted by atomic mass is 16.6. The molecule has 1 saturated heterocycles. The quantitative estimate of drug-likeness (QED) is 0.588. The summed E-state index contributed by atoms with van der Waals surface area (Å²) in [5, 5.41) is 13.3. The van der Waals surface area contributed by atoms with Gasteiger partial charge in [0.15, 0.2) is 0 Å². The number of carbonyl (C=O) groups excluding carboxylic acids is 3. The van der Waals surface area contributed by atoms with Crippen LogP contribution in [0.3, 0.4) is 0 Å². The monoisotopic (exact) mass is 348 g/mol. The maximum Gasteiger partial charge on any atom is 0.270 e. The number of nitrogens with one attached hydrogen (secondary N) is 1. The molecule has 2 rings (SSSR count). The van der Waals surface area contributed by atoms with E-state index in [1.165, 1.54) is 18.2 Å². The number of benzene rings is 1. The first-order valence-corrected chi connectivity index (χ1v) is 7.93. The minimum atomic E-state index is -0.781. The van der Waals surface area contributed by atoms with Crippen molar-refractivity contribution in [2.75, 3.05) is 13.1 Å². The van der Waals surface area contributed by atoms with Gasteiger partial charge in [0, 0.05) is 36.7 Å². The summed E-state index contributed by atoms with van der Waals surface area (Å²) < 4.78 is 0. The predicted molar refractivity (Wildman–Crippen MR) is 88.5 cm³/mol. The van der Waals surface area contributed by atoms with Crippen LogP contribution in [0.4, 0.5) is 5.69 Å². The predicted octanol–water partition coefficient (Wildman–Crippen LogP) is 0.437. The number of hydrogen-bond acceptors (Lipinski definition) is 5. The number of nitro benzene ring substituents is 1. The van der Waals surface area contributed by atoms with Crippen molar-refractivity contribution in [1.29, 1.82) is 0 Å². The summed E-state index contributed by atoms with van der Waals surface area (Å²) in [4.78, 5) is 47.5. The maximum atomic E-state index is 12.4. The molecule has 9 heteroatoms. The number of primary amides is 1. The molecule has 0 radical (unpaired) electrons. The highest BCUT2D eigenvalue weighted by Crippen LogP contribution is 2.17. The first kappa shape index (κ1) is 18.4. The Kier molecular flexibility index (Phi) is 5.68. The number of nitrogens with two attached hydrogens (primary N) is 1. The molecule has 1 unspecified atom stereocenters. The molecule has 0 aliphatic carbocycles. The van der Waals surface area contributed by atoms with Crippen molar-refractivity contribution in [3.8, 4) is 0 Å². The fourth-order valence-corrected chi connectivity index (χ4v) is 2.76. The normalized spacial score (nSPS) is 16.1. The van der Waals surface area contributed by atoms with Crippen molar-refractivity contribution >= 4 is 23.4 Å². The summed E-state index contributed by atoms with van der Waals surface area (Å²) in [6, 6.07) is 4.52. The molecule has 0 spiro atoms. The van der Waals surface area contributed by atoms with Gasteiger partial charge >= 0.3 is 0 Å². The molecular weight excluding hydrogens is 328 g/mol. The zero-order valence-electron chi connectivity index (χ0n) is 13.8. The van der Waals surface area contributed by atoms with E-state index in [0.717, 1.165) is 6.07 Å². The fourth-order valence-electron chi connectivity index (χ4n) is 2.76.